The topological polar surface area (TPSA) is 59.1 Å². The van der Waals surface area contributed by atoms with Crippen LogP contribution in [0.5, 0.6) is 5.75 Å². The lowest BCUT2D eigenvalue weighted by molar-refractivity contribution is 0.413. The molecule has 0 heterocycles. The van der Waals surface area contributed by atoms with Crippen LogP contribution in [0.1, 0.15) is 11.1 Å². The second-order valence-corrected chi connectivity index (χ2v) is 5.18. The van der Waals surface area contributed by atoms with Gasteiger partial charge in [0.1, 0.15) is 17.4 Å². The van der Waals surface area contributed by atoms with Crippen LogP contribution in [0.15, 0.2) is 47.4 Å². The third-order valence-electron chi connectivity index (χ3n) is 2.79. The highest BCUT2D eigenvalue weighted by molar-refractivity contribution is 7.98. The zero-order valence-corrected chi connectivity index (χ0v) is 11.8. The second kappa shape index (κ2) is 6.43. The molecule has 20 heavy (non-hydrogen) atoms. The van der Waals surface area contributed by atoms with Gasteiger partial charge in [-0.3, -0.25) is 5.41 Å². The van der Waals surface area contributed by atoms with E-state index in [2.05, 4.69) is 0 Å². The van der Waals surface area contributed by atoms with E-state index in [4.69, 9.17) is 15.9 Å². The predicted octanol–water partition coefficient (Wildman–Crippen LogP) is 3.41. The molecule has 3 nitrogen and oxygen atoms in total. The van der Waals surface area contributed by atoms with E-state index in [9.17, 15) is 4.39 Å². The second-order valence-electron chi connectivity index (χ2n) is 4.17. The summed E-state index contributed by atoms with van der Waals surface area (Å²) < 4.78 is 18.7. The molecular weight excluding hydrogens is 275 g/mol. The third-order valence-corrected chi connectivity index (χ3v) is 3.90. The molecule has 0 unspecified atom stereocenters. The molecule has 0 atom stereocenters. The molecule has 0 saturated carbocycles. The number of methoxy groups -OCH3 is 1. The maximum Gasteiger partial charge on any atom is 0.136 e. The lowest BCUT2D eigenvalue weighted by atomic mass is 10.1. The van der Waals surface area contributed by atoms with Crippen LogP contribution in [0.4, 0.5) is 4.39 Å². The first kappa shape index (κ1) is 14.4. The molecule has 5 heteroatoms. The molecule has 2 aromatic carbocycles. The average molecular weight is 290 g/mol. The Balaban J connectivity index is 2.16. The van der Waals surface area contributed by atoms with Gasteiger partial charge in [0.2, 0.25) is 0 Å². The fourth-order valence-corrected chi connectivity index (χ4v) is 2.66. The van der Waals surface area contributed by atoms with Crippen LogP contribution in [-0.4, -0.2) is 12.9 Å². The average Bonchev–Trinajstić information content (AvgIpc) is 2.46. The molecule has 0 aliphatic rings. The molecule has 0 amide bonds. The Morgan fingerprint density at radius 1 is 1.30 bits per heavy atom. The van der Waals surface area contributed by atoms with Crippen LogP contribution in [-0.2, 0) is 5.75 Å². The molecular formula is C15H15FN2OS. The number of nitrogen functional groups attached to an aromatic ring is 1. The summed E-state index contributed by atoms with van der Waals surface area (Å²) in [6.07, 6.45) is 0. The summed E-state index contributed by atoms with van der Waals surface area (Å²) >= 11 is 1.41. The van der Waals surface area contributed by atoms with Crippen molar-refractivity contribution in [2.45, 2.75) is 10.6 Å². The molecule has 0 fully saturated rings. The van der Waals surface area contributed by atoms with Crippen LogP contribution in [0.25, 0.3) is 0 Å². The Bertz CT molecular complexity index is 631. The number of halogens is 1. The van der Waals surface area contributed by atoms with Crippen molar-refractivity contribution in [1.82, 2.24) is 0 Å². The Hall–Kier alpha value is -2.01. The quantitative estimate of drug-likeness (QED) is 0.504. The van der Waals surface area contributed by atoms with Gasteiger partial charge in [-0.2, -0.15) is 0 Å². The molecule has 2 rings (SSSR count). The lowest BCUT2D eigenvalue weighted by Gasteiger charge is -2.09. The van der Waals surface area contributed by atoms with Gasteiger partial charge in [-0.1, -0.05) is 18.2 Å². The van der Waals surface area contributed by atoms with Crippen molar-refractivity contribution >= 4 is 17.6 Å². The summed E-state index contributed by atoms with van der Waals surface area (Å²) in [5.41, 5.74) is 7.04. The fourth-order valence-electron chi connectivity index (χ4n) is 1.78. The fraction of sp³-hybridized carbons (Fsp3) is 0.133. The van der Waals surface area contributed by atoms with E-state index in [1.165, 1.54) is 24.9 Å². The molecule has 0 aliphatic carbocycles. The highest BCUT2D eigenvalue weighted by Gasteiger charge is 2.08. The van der Waals surface area contributed by atoms with Gasteiger partial charge in [-0.05, 0) is 29.8 Å². The van der Waals surface area contributed by atoms with E-state index in [-0.39, 0.29) is 11.7 Å². The van der Waals surface area contributed by atoms with Crippen molar-refractivity contribution in [2.75, 3.05) is 7.11 Å². The number of amidine groups is 1. The van der Waals surface area contributed by atoms with Crippen LogP contribution in [0.2, 0.25) is 0 Å². The van der Waals surface area contributed by atoms with Crippen LogP contribution >= 0.6 is 11.8 Å². The van der Waals surface area contributed by atoms with E-state index >= 15 is 0 Å². The summed E-state index contributed by atoms with van der Waals surface area (Å²) in [4.78, 5) is 0.604. The van der Waals surface area contributed by atoms with Gasteiger partial charge in [0.25, 0.3) is 0 Å². The van der Waals surface area contributed by atoms with Gasteiger partial charge in [0.15, 0.2) is 0 Å². The number of hydrogen-bond acceptors (Lipinski definition) is 3. The first-order valence-electron chi connectivity index (χ1n) is 6.00. The number of benzene rings is 2. The van der Waals surface area contributed by atoms with Gasteiger partial charge in [0, 0.05) is 10.6 Å². The highest BCUT2D eigenvalue weighted by atomic mass is 32.2. The Labute approximate surface area is 121 Å². The minimum atomic E-state index is -0.224. The first-order chi connectivity index (χ1) is 9.61. The third kappa shape index (κ3) is 3.30. The van der Waals surface area contributed by atoms with E-state index in [0.29, 0.717) is 22.0 Å². The Kier molecular flexibility index (Phi) is 4.63. The van der Waals surface area contributed by atoms with Crippen molar-refractivity contribution in [2.24, 2.45) is 5.73 Å². The number of nitrogens with one attached hydrogen (secondary N) is 1. The van der Waals surface area contributed by atoms with Crippen molar-refractivity contribution in [1.29, 1.82) is 5.41 Å². The predicted molar refractivity (Wildman–Crippen MR) is 80.0 cm³/mol. The minimum absolute atomic E-state index is 0.0420. The van der Waals surface area contributed by atoms with E-state index in [1.807, 2.05) is 6.07 Å². The van der Waals surface area contributed by atoms with E-state index < -0.39 is 0 Å². The molecule has 0 saturated heterocycles. The molecule has 0 aliphatic heterocycles. The Morgan fingerprint density at radius 2 is 2.05 bits per heavy atom. The van der Waals surface area contributed by atoms with Crippen molar-refractivity contribution < 1.29 is 9.13 Å². The number of ether oxygens (including phenoxy) is 1. The molecule has 104 valence electrons. The summed E-state index contributed by atoms with van der Waals surface area (Å²) in [6, 6.07) is 12.1. The van der Waals surface area contributed by atoms with Gasteiger partial charge in [-0.25, -0.2) is 4.39 Å². The molecule has 0 bridgehead atoms. The lowest BCUT2D eigenvalue weighted by Crippen LogP contribution is -2.12. The van der Waals surface area contributed by atoms with E-state index in [0.717, 1.165) is 5.56 Å². The van der Waals surface area contributed by atoms with Crippen LogP contribution in [0.3, 0.4) is 0 Å². The smallest absolute Gasteiger partial charge is 0.136 e. The van der Waals surface area contributed by atoms with Crippen molar-refractivity contribution in [3.05, 3.63) is 59.4 Å². The Morgan fingerprint density at radius 3 is 2.70 bits per heavy atom. The molecule has 0 radical (unpaired) electrons. The van der Waals surface area contributed by atoms with Crippen LogP contribution in [0, 0.1) is 11.2 Å². The summed E-state index contributed by atoms with van der Waals surface area (Å²) in [6.45, 7) is 0. The monoisotopic (exact) mass is 290 g/mol. The maximum absolute atomic E-state index is 13.5. The summed E-state index contributed by atoms with van der Waals surface area (Å²) in [7, 11) is 1.54. The standard InChI is InChI=1S/C15H15FN2OS/c1-19-13-7-6-10(8-11(13)15(17)18)9-20-14-5-3-2-4-12(14)16/h2-8H,9H2,1H3,(H3,17,18). The van der Waals surface area contributed by atoms with Crippen molar-refractivity contribution in [3.8, 4) is 5.75 Å². The number of nitrogens with two attached hydrogens (primary N) is 1. The van der Waals surface area contributed by atoms with Crippen LogP contribution < -0.4 is 10.5 Å². The largest absolute Gasteiger partial charge is 0.496 e. The zero-order chi connectivity index (χ0) is 14.5. The van der Waals surface area contributed by atoms with Crippen molar-refractivity contribution in [3.63, 3.8) is 0 Å². The molecule has 0 aromatic heterocycles. The number of thioether (sulfide) groups is 1. The zero-order valence-electron chi connectivity index (χ0n) is 11.0. The van der Waals surface area contributed by atoms with Gasteiger partial charge >= 0.3 is 0 Å². The number of hydrogen-bond donors (Lipinski definition) is 2. The molecule has 2 aromatic rings. The number of rotatable bonds is 5. The minimum Gasteiger partial charge on any atom is -0.496 e. The molecule has 3 N–H and O–H groups in total. The van der Waals surface area contributed by atoms with Gasteiger partial charge < -0.3 is 10.5 Å². The SMILES string of the molecule is COc1ccc(CSc2ccccc2F)cc1C(=N)N. The normalized spacial score (nSPS) is 10.3. The van der Waals surface area contributed by atoms with Gasteiger partial charge in [-0.15, -0.1) is 11.8 Å². The maximum atomic E-state index is 13.5. The summed E-state index contributed by atoms with van der Waals surface area (Å²) in [5, 5.41) is 7.54. The summed E-state index contributed by atoms with van der Waals surface area (Å²) in [5.74, 6) is 0.903. The van der Waals surface area contributed by atoms with Gasteiger partial charge in [0.05, 0.1) is 12.7 Å². The van der Waals surface area contributed by atoms with E-state index in [1.54, 1.807) is 30.3 Å². The highest BCUT2D eigenvalue weighted by Crippen LogP contribution is 2.27. The molecule has 0 spiro atoms. The first-order valence-corrected chi connectivity index (χ1v) is 6.99.